The Balaban J connectivity index is 3.02. The van der Waals surface area contributed by atoms with Gasteiger partial charge in [0.2, 0.25) is 0 Å². The van der Waals surface area contributed by atoms with Crippen molar-refractivity contribution in [1.82, 2.24) is 4.90 Å². The van der Waals surface area contributed by atoms with E-state index in [0.717, 1.165) is 5.56 Å². The van der Waals surface area contributed by atoms with Gasteiger partial charge in [-0.15, -0.1) is 0 Å². The van der Waals surface area contributed by atoms with Gasteiger partial charge < -0.3 is 4.90 Å². The van der Waals surface area contributed by atoms with Crippen LogP contribution in [0.15, 0.2) is 18.2 Å². The van der Waals surface area contributed by atoms with E-state index in [2.05, 4.69) is 0 Å². The second kappa shape index (κ2) is 5.70. The summed E-state index contributed by atoms with van der Waals surface area (Å²) in [5, 5.41) is 9.28. The minimum atomic E-state index is -0.163. The van der Waals surface area contributed by atoms with Crippen LogP contribution in [0.2, 0.25) is 5.02 Å². The molecule has 1 aromatic rings. The number of rotatable bonds is 3. The van der Waals surface area contributed by atoms with Crippen molar-refractivity contribution in [2.75, 3.05) is 6.54 Å². The summed E-state index contributed by atoms with van der Waals surface area (Å²) in [7, 11) is 0. The molecule has 0 saturated heterocycles. The lowest BCUT2D eigenvalue weighted by molar-refractivity contribution is 0.0731. The van der Waals surface area contributed by atoms with Gasteiger partial charge in [-0.2, -0.15) is 5.26 Å². The molecule has 0 radical (unpaired) electrons. The summed E-state index contributed by atoms with van der Waals surface area (Å²) in [4.78, 5) is 13.7. The number of nitriles is 1. The highest BCUT2D eigenvalue weighted by Gasteiger charge is 2.18. The second-order valence-corrected chi connectivity index (χ2v) is 4.56. The van der Waals surface area contributed by atoms with E-state index in [4.69, 9.17) is 16.9 Å². The van der Waals surface area contributed by atoms with Gasteiger partial charge in [-0.1, -0.05) is 17.7 Å². The third-order valence-corrected chi connectivity index (χ3v) is 2.95. The topological polar surface area (TPSA) is 44.1 Å². The smallest absolute Gasteiger partial charge is 0.254 e. The summed E-state index contributed by atoms with van der Waals surface area (Å²) in [6.07, 6.45) is 0. The first-order valence-electron chi connectivity index (χ1n) is 5.41. The maximum atomic E-state index is 12.2. The summed E-state index contributed by atoms with van der Waals surface area (Å²) in [6, 6.07) is 7.17. The molecule has 0 bridgehead atoms. The van der Waals surface area contributed by atoms with Crippen molar-refractivity contribution < 1.29 is 4.79 Å². The van der Waals surface area contributed by atoms with Crippen molar-refractivity contribution in [2.24, 2.45) is 0 Å². The predicted octanol–water partition coefficient (Wildman–Crippen LogP) is 3.02. The van der Waals surface area contributed by atoms with Gasteiger partial charge in [0.15, 0.2) is 0 Å². The lowest BCUT2D eigenvalue weighted by atomic mass is 10.1. The Bertz CT molecular complexity index is 463. The van der Waals surface area contributed by atoms with E-state index in [0.29, 0.717) is 10.6 Å². The Kier molecular flexibility index (Phi) is 4.53. The lowest BCUT2D eigenvalue weighted by Gasteiger charge is -2.24. The summed E-state index contributed by atoms with van der Waals surface area (Å²) in [5.74, 6) is -0.163. The number of halogens is 1. The average molecular weight is 251 g/mol. The molecule has 17 heavy (non-hydrogen) atoms. The Morgan fingerprint density at radius 1 is 1.53 bits per heavy atom. The summed E-state index contributed by atoms with van der Waals surface area (Å²) in [6.45, 7) is 5.73. The Labute approximate surface area is 107 Å². The van der Waals surface area contributed by atoms with Crippen LogP contribution >= 0.6 is 11.6 Å². The molecular weight excluding hydrogens is 236 g/mol. The largest absolute Gasteiger partial charge is 0.323 e. The Morgan fingerprint density at radius 2 is 2.18 bits per heavy atom. The van der Waals surface area contributed by atoms with Gasteiger partial charge in [0, 0.05) is 16.6 Å². The average Bonchev–Trinajstić information content (AvgIpc) is 2.28. The van der Waals surface area contributed by atoms with Gasteiger partial charge >= 0.3 is 0 Å². The molecule has 0 aliphatic carbocycles. The number of aryl methyl sites for hydroxylation is 1. The van der Waals surface area contributed by atoms with Crippen LogP contribution in [0.1, 0.15) is 29.8 Å². The number of nitrogens with zero attached hydrogens (tertiary/aromatic N) is 2. The van der Waals surface area contributed by atoms with E-state index in [9.17, 15) is 4.79 Å². The third-order valence-electron chi connectivity index (χ3n) is 2.54. The first kappa shape index (κ1) is 13.5. The quantitative estimate of drug-likeness (QED) is 0.774. The van der Waals surface area contributed by atoms with Crippen molar-refractivity contribution in [2.45, 2.75) is 26.8 Å². The molecule has 0 saturated carbocycles. The fourth-order valence-electron chi connectivity index (χ4n) is 1.46. The summed E-state index contributed by atoms with van der Waals surface area (Å²) >= 11 is 5.98. The Morgan fingerprint density at radius 3 is 2.65 bits per heavy atom. The molecular formula is C13H15ClN2O. The molecule has 0 aromatic heterocycles. The highest BCUT2D eigenvalue weighted by atomic mass is 35.5. The lowest BCUT2D eigenvalue weighted by Crippen LogP contribution is -2.37. The zero-order valence-electron chi connectivity index (χ0n) is 10.2. The minimum absolute atomic E-state index is 0.0118. The maximum absolute atomic E-state index is 12.2. The molecule has 3 nitrogen and oxygen atoms in total. The van der Waals surface area contributed by atoms with E-state index in [1.807, 2.05) is 26.8 Å². The normalized spacial score (nSPS) is 10.1. The SMILES string of the molecule is Cc1ccc(C(=O)N(CC#N)C(C)C)cc1Cl. The molecule has 1 rings (SSSR count). The van der Waals surface area contributed by atoms with Crippen LogP contribution in [-0.2, 0) is 0 Å². The molecule has 0 N–H and O–H groups in total. The third kappa shape index (κ3) is 3.21. The highest BCUT2D eigenvalue weighted by molar-refractivity contribution is 6.31. The fraction of sp³-hybridized carbons (Fsp3) is 0.385. The molecule has 0 heterocycles. The molecule has 0 fully saturated rings. The molecule has 0 aliphatic heterocycles. The standard InChI is InChI=1S/C13H15ClN2O/c1-9(2)16(7-6-15)13(17)11-5-4-10(3)12(14)8-11/h4-5,8-9H,7H2,1-3H3. The summed E-state index contributed by atoms with van der Waals surface area (Å²) < 4.78 is 0. The summed E-state index contributed by atoms with van der Waals surface area (Å²) in [5.41, 5.74) is 1.45. The first-order chi connectivity index (χ1) is 7.97. The minimum Gasteiger partial charge on any atom is -0.323 e. The van der Waals surface area contributed by atoms with Crippen LogP contribution in [-0.4, -0.2) is 23.4 Å². The van der Waals surface area contributed by atoms with Crippen LogP contribution in [0.25, 0.3) is 0 Å². The van der Waals surface area contributed by atoms with Crippen molar-refractivity contribution in [1.29, 1.82) is 5.26 Å². The van der Waals surface area contributed by atoms with Gasteiger partial charge in [0.1, 0.15) is 6.54 Å². The number of carbonyl (C=O) groups excluding carboxylic acids is 1. The molecule has 1 amide bonds. The van der Waals surface area contributed by atoms with Gasteiger partial charge in [0.25, 0.3) is 5.91 Å². The monoisotopic (exact) mass is 250 g/mol. The van der Waals surface area contributed by atoms with Crippen molar-refractivity contribution in [3.05, 3.63) is 34.3 Å². The Hall–Kier alpha value is -1.53. The van der Waals surface area contributed by atoms with E-state index in [1.165, 1.54) is 4.90 Å². The number of amides is 1. The van der Waals surface area contributed by atoms with E-state index in [-0.39, 0.29) is 18.5 Å². The molecule has 0 spiro atoms. The van der Waals surface area contributed by atoms with E-state index >= 15 is 0 Å². The zero-order chi connectivity index (χ0) is 13.0. The number of carbonyl (C=O) groups is 1. The molecule has 90 valence electrons. The molecule has 4 heteroatoms. The van der Waals surface area contributed by atoms with Crippen molar-refractivity contribution >= 4 is 17.5 Å². The predicted molar refractivity (Wildman–Crippen MR) is 68.0 cm³/mol. The number of hydrogen-bond donors (Lipinski definition) is 0. The fourth-order valence-corrected chi connectivity index (χ4v) is 1.64. The van der Waals surface area contributed by atoms with Gasteiger partial charge in [-0.05, 0) is 38.5 Å². The van der Waals surface area contributed by atoms with Crippen LogP contribution < -0.4 is 0 Å². The van der Waals surface area contributed by atoms with Crippen molar-refractivity contribution in [3.63, 3.8) is 0 Å². The van der Waals surface area contributed by atoms with E-state index < -0.39 is 0 Å². The van der Waals surface area contributed by atoms with Crippen LogP contribution in [0.4, 0.5) is 0 Å². The van der Waals surface area contributed by atoms with Crippen LogP contribution in [0, 0.1) is 18.3 Å². The number of benzene rings is 1. The van der Waals surface area contributed by atoms with Gasteiger partial charge in [0.05, 0.1) is 6.07 Å². The van der Waals surface area contributed by atoms with Crippen LogP contribution in [0.5, 0.6) is 0 Å². The van der Waals surface area contributed by atoms with Crippen LogP contribution in [0.3, 0.4) is 0 Å². The van der Waals surface area contributed by atoms with Crippen molar-refractivity contribution in [3.8, 4) is 6.07 Å². The van der Waals surface area contributed by atoms with Gasteiger partial charge in [-0.25, -0.2) is 0 Å². The molecule has 0 atom stereocenters. The zero-order valence-corrected chi connectivity index (χ0v) is 11.0. The molecule has 0 aliphatic rings. The molecule has 0 unspecified atom stereocenters. The molecule has 1 aromatic carbocycles. The second-order valence-electron chi connectivity index (χ2n) is 4.15. The highest BCUT2D eigenvalue weighted by Crippen LogP contribution is 2.18. The first-order valence-corrected chi connectivity index (χ1v) is 5.79. The maximum Gasteiger partial charge on any atom is 0.254 e. The van der Waals surface area contributed by atoms with E-state index in [1.54, 1.807) is 18.2 Å². The number of hydrogen-bond acceptors (Lipinski definition) is 2. The van der Waals surface area contributed by atoms with Gasteiger partial charge in [-0.3, -0.25) is 4.79 Å².